The van der Waals surface area contributed by atoms with Crippen molar-refractivity contribution >= 4 is 0 Å². The molecule has 6 aliphatic heterocycles. The van der Waals surface area contributed by atoms with Crippen LogP contribution in [0.4, 0.5) is 0 Å². The largest absolute Gasteiger partial charge is 0.394 e. The lowest BCUT2D eigenvalue weighted by Gasteiger charge is -2.58. The van der Waals surface area contributed by atoms with Crippen molar-refractivity contribution in [2.24, 2.45) is 46.3 Å². The normalized spacial score (nSPS) is 55.0. The van der Waals surface area contributed by atoms with E-state index in [1.165, 1.54) is 12.5 Å². The van der Waals surface area contributed by atoms with E-state index in [-0.39, 0.29) is 47.7 Å². The number of allylic oxidation sites excluding steroid dienone is 1. The van der Waals surface area contributed by atoms with Gasteiger partial charge in [-0.05, 0) is 98.7 Å². The molecule has 10 aliphatic rings. The lowest BCUT2D eigenvalue weighted by atomic mass is 9.47. The highest BCUT2D eigenvalue weighted by atomic mass is 16.8. The predicted molar refractivity (Wildman–Crippen MR) is 277 cm³/mol. The Bertz CT molecular complexity index is 2180. The Kier molecular flexibility index (Phi) is 19.9. The minimum Gasteiger partial charge on any atom is -0.394 e. The molecule has 478 valence electrons. The second kappa shape index (κ2) is 25.5. The summed E-state index contributed by atoms with van der Waals surface area (Å²) >= 11 is 0. The van der Waals surface area contributed by atoms with Crippen molar-refractivity contribution in [1.29, 1.82) is 0 Å². The van der Waals surface area contributed by atoms with Crippen LogP contribution in [0.15, 0.2) is 11.6 Å². The summed E-state index contributed by atoms with van der Waals surface area (Å²) in [6.45, 7) is 7.64. The van der Waals surface area contributed by atoms with Crippen molar-refractivity contribution in [2.75, 3.05) is 33.0 Å². The Morgan fingerprint density at radius 1 is 0.602 bits per heavy atom. The number of aliphatic hydroxyl groups excluding tert-OH is 15. The van der Waals surface area contributed by atoms with Gasteiger partial charge in [0.2, 0.25) is 0 Å². The molecule has 6 saturated heterocycles. The Balaban J connectivity index is 0.767. The predicted octanol–water partition coefficient (Wildman–Crippen LogP) is -4.54. The molecule has 35 atom stereocenters. The summed E-state index contributed by atoms with van der Waals surface area (Å²) in [6.07, 6.45) is -29.2. The topological polar surface area (TPSA) is 425 Å². The Hall–Kier alpha value is -1.34. The molecule has 83 heavy (non-hydrogen) atoms. The Labute approximate surface area is 481 Å². The zero-order chi connectivity index (χ0) is 59.9. The summed E-state index contributed by atoms with van der Waals surface area (Å²) in [6, 6.07) is 0. The average molecular weight is 1200 g/mol. The molecule has 0 aromatic heterocycles. The van der Waals surface area contributed by atoms with Crippen molar-refractivity contribution in [1.82, 2.24) is 0 Å². The maximum Gasteiger partial charge on any atom is 0.187 e. The molecule has 3 saturated carbocycles. The minimum absolute atomic E-state index is 0.00990. The molecule has 6 heterocycles. The van der Waals surface area contributed by atoms with Crippen LogP contribution >= 0.6 is 0 Å². The van der Waals surface area contributed by atoms with E-state index in [4.69, 9.17) is 52.1 Å². The van der Waals surface area contributed by atoms with Crippen LogP contribution in [0.5, 0.6) is 0 Å². The van der Waals surface area contributed by atoms with Crippen LogP contribution in [0.1, 0.15) is 92.4 Å². The maximum atomic E-state index is 12.3. The van der Waals surface area contributed by atoms with Gasteiger partial charge in [-0.25, -0.2) is 0 Å². The standard InChI is InChI=1S/C56H92O27/c1-21(19-73-52-47(41(67)38(64)32(17-58)78-52)81-51-44(70)40(66)37(63)31(16-57)77-51)8-13-56(72)22(2)34-30(83-56)15-28-26-7-6-24-14-25(9-11-54(24,4)27(26)10-12-55(28,34)5)76-53-48(82-50-43(69)39(65)35(61)23(3)75-50)45(71)46(33(18-59)79-53)80-49-42(68)36(62)29(60)20-74-49/h6,21-23,25-53,57-72H,7-20H2,1-5H3/t21-,22+,23+,25+,26-,27+,28+,29-,30+,31-,32-,33-,34+,35+,36+,37-,38-,39-,40+,41+,42-,43-,44-,45+,46-,47-,48-,49+,50+,51+,52-,53-,54+,55+,56-/m1/s1. The van der Waals surface area contributed by atoms with Crippen LogP contribution in [-0.4, -0.2) is 280 Å². The van der Waals surface area contributed by atoms with Gasteiger partial charge < -0.3 is 134 Å². The SMILES string of the molecule is C[C@H](CC[C@@]1(O)O[C@H]2C[C@H]3[C@@H]4CC=C5C[C@@H](O[C@@H]6O[C@H](CO)[C@@H](O[C@@H]7OC[C@@H](O)[C@H](O)[C@H]7O)[C@H](O)[C@H]6O[C@@H]6O[C@@H](C)[C@H](O)[C@@H](O)[C@H]6O)CC[C@]5(C)[C@H]4CC[C@]3(C)[C@H]2[C@@H]1C)CO[C@@H]1O[C@H](CO)[C@@H](O)[C@H](O)[C@H]1O[C@@H]1O[C@H](CO)[C@@H](O)[C@H](O)[C@H]1O. The number of ether oxygens (including phenoxy) is 11. The summed E-state index contributed by atoms with van der Waals surface area (Å²) in [5, 5.41) is 171. The van der Waals surface area contributed by atoms with Crippen molar-refractivity contribution in [2.45, 2.75) is 258 Å². The third-order valence-electron chi connectivity index (χ3n) is 21.2. The van der Waals surface area contributed by atoms with Crippen molar-refractivity contribution in [3.8, 4) is 0 Å². The molecule has 27 nitrogen and oxygen atoms in total. The zero-order valence-corrected chi connectivity index (χ0v) is 47.6. The number of rotatable bonds is 17. The van der Waals surface area contributed by atoms with Gasteiger partial charge in [0.1, 0.15) is 110 Å². The first-order valence-corrected chi connectivity index (χ1v) is 29.8. The van der Waals surface area contributed by atoms with Gasteiger partial charge >= 0.3 is 0 Å². The molecule has 0 aromatic rings. The zero-order valence-electron chi connectivity index (χ0n) is 47.6. The first-order chi connectivity index (χ1) is 39.3. The third-order valence-corrected chi connectivity index (χ3v) is 21.2. The van der Waals surface area contributed by atoms with Gasteiger partial charge in [-0.3, -0.25) is 0 Å². The molecule has 9 fully saturated rings. The van der Waals surface area contributed by atoms with Gasteiger partial charge in [-0.15, -0.1) is 0 Å². The van der Waals surface area contributed by atoms with E-state index in [2.05, 4.69) is 26.8 Å². The Morgan fingerprint density at radius 3 is 1.87 bits per heavy atom. The van der Waals surface area contributed by atoms with Crippen LogP contribution in [0, 0.1) is 46.3 Å². The number of fused-ring (bicyclic) bond motifs is 7. The lowest BCUT2D eigenvalue weighted by molar-refractivity contribution is -0.385. The van der Waals surface area contributed by atoms with Gasteiger partial charge in [-0.1, -0.05) is 39.3 Å². The second-order valence-electron chi connectivity index (χ2n) is 26.2. The van der Waals surface area contributed by atoms with E-state index in [9.17, 15) is 81.7 Å². The van der Waals surface area contributed by atoms with Crippen LogP contribution < -0.4 is 0 Å². The summed E-state index contributed by atoms with van der Waals surface area (Å²) in [5.41, 5.74) is 0.927. The molecular weight excluding hydrogens is 1100 g/mol. The van der Waals surface area contributed by atoms with Gasteiger partial charge in [0.25, 0.3) is 0 Å². The quantitative estimate of drug-likeness (QED) is 0.0610. The van der Waals surface area contributed by atoms with Crippen molar-refractivity contribution in [3.63, 3.8) is 0 Å². The molecule has 0 aromatic carbocycles. The smallest absolute Gasteiger partial charge is 0.187 e. The molecule has 0 unspecified atom stereocenters. The van der Waals surface area contributed by atoms with E-state index in [1.807, 2.05) is 6.92 Å². The van der Waals surface area contributed by atoms with E-state index >= 15 is 0 Å². The Morgan fingerprint density at radius 2 is 1.19 bits per heavy atom. The first kappa shape index (κ1) is 64.6. The van der Waals surface area contributed by atoms with Crippen LogP contribution in [-0.2, 0) is 52.1 Å². The highest BCUT2D eigenvalue weighted by Crippen LogP contribution is 2.70. The van der Waals surface area contributed by atoms with Gasteiger partial charge in [0.05, 0.1) is 51.3 Å². The van der Waals surface area contributed by atoms with Crippen LogP contribution in [0.3, 0.4) is 0 Å². The second-order valence-corrected chi connectivity index (χ2v) is 26.2. The summed E-state index contributed by atoms with van der Waals surface area (Å²) in [7, 11) is 0. The molecule has 10 rings (SSSR count). The van der Waals surface area contributed by atoms with Crippen LogP contribution in [0.25, 0.3) is 0 Å². The van der Waals surface area contributed by atoms with Crippen LogP contribution in [0.2, 0.25) is 0 Å². The maximum absolute atomic E-state index is 12.3. The number of aliphatic hydroxyl groups is 16. The van der Waals surface area contributed by atoms with Crippen molar-refractivity contribution < 1.29 is 134 Å². The first-order valence-electron chi connectivity index (χ1n) is 29.8. The number of hydrogen-bond donors (Lipinski definition) is 16. The summed E-state index contributed by atoms with van der Waals surface area (Å²) in [5.74, 6) is -0.788. The molecule has 0 spiro atoms. The van der Waals surface area contributed by atoms with E-state index < -0.39 is 186 Å². The molecular formula is C56H92O27. The van der Waals surface area contributed by atoms with E-state index in [0.29, 0.717) is 37.0 Å². The molecule has 4 aliphatic carbocycles. The highest BCUT2D eigenvalue weighted by Gasteiger charge is 2.68. The number of hydrogen-bond acceptors (Lipinski definition) is 27. The average Bonchev–Trinajstić information content (AvgIpc) is 1.75. The molecule has 27 heteroatoms. The summed E-state index contributed by atoms with van der Waals surface area (Å²) in [4.78, 5) is 0. The lowest BCUT2D eigenvalue weighted by Crippen LogP contribution is -2.66. The monoisotopic (exact) mass is 1200 g/mol. The van der Waals surface area contributed by atoms with Gasteiger partial charge in [0.15, 0.2) is 37.2 Å². The molecule has 16 N–H and O–H groups in total. The fraction of sp³-hybridized carbons (Fsp3) is 0.964. The fourth-order valence-electron chi connectivity index (χ4n) is 16.2. The van der Waals surface area contributed by atoms with Gasteiger partial charge in [-0.2, -0.15) is 0 Å². The van der Waals surface area contributed by atoms with E-state index in [1.54, 1.807) is 0 Å². The van der Waals surface area contributed by atoms with Gasteiger partial charge in [0, 0.05) is 12.3 Å². The van der Waals surface area contributed by atoms with Crippen molar-refractivity contribution in [3.05, 3.63) is 11.6 Å². The fourth-order valence-corrected chi connectivity index (χ4v) is 16.2. The third kappa shape index (κ3) is 11.9. The minimum atomic E-state index is -1.81. The highest BCUT2D eigenvalue weighted by molar-refractivity contribution is 5.26. The molecule has 0 amide bonds. The molecule has 0 radical (unpaired) electrons. The molecule has 0 bridgehead atoms. The summed E-state index contributed by atoms with van der Waals surface area (Å²) < 4.78 is 66.3. The van der Waals surface area contributed by atoms with E-state index in [0.717, 1.165) is 32.1 Å².